The summed E-state index contributed by atoms with van der Waals surface area (Å²) in [5.74, 6) is 0.189. The number of anilines is 3. The van der Waals surface area contributed by atoms with E-state index in [0.717, 1.165) is 5.56 Å². The van der Waals surface area contributed by atoms with E-state index in [-0.39, 0.29) is 22.9 Å². The van der Waals surface area contributed by atoms with Gasteiger partial charge in [-0.1, -0.05) is 27.7 Å². The summed E-state index contributed by atoms with van der Waals surface area (Å²) in [6.45, 7) is 24.4. The normalized spacial score (nSPS) is 18.1. The molecule has 4 heterocycles. The molecular formula is C35H48N8O4Si. The molecule has 256 valence electrons. The second-order valence-corrected chi connectivity index (χ2v) is 20.6. The number of hydrogen-bond donors (Lipinski definition) is 1. The highest BCUT2D eigenvalue weighted by Crippen LogP contribution is 2.47. The number of ether oxygens (including phenoxy) is 1. The van der Waals surface area contributed by atoms with E-state index in [1.807, 2.05) is 45.6 Å². The number of fused-ring (bicyclic) bond motifs is 2. The second-order valence-electron chi connectivity index (χ2n) is 15.8. The van der Waals surface area contributed by atoms with Crippen LogP contribution in [0.25, 0.3) is 11.3 Å². The van der Waals surface area contributed by atoms with E-state index >= 15 is 0 Å². The molecule has 13 heteroatoms. The third-order valence-electron chi connectivity index (χ3n) is 9.51. The lowest BCUT2D eigenvalue weighted by molar-refractivity contribution is 0.0574. The van der Waals surface area contributed by atoms with Gasteiger partial charge in [-0.05, 0) is 76.5 Å². The number of nitrogens with zero attached hydrogens (tertiary/aromatic N) is 7. The lowest BCUT2D eigenvalue weighted by Gasteiger charge is -2.39. The molecule has 2 amide bonds. The van der Waals surface area contributed by atoms with Gasteiger partial charge in [0.25, 0.3) is 5.91 Å². The molecule has 2 aromatic heterocycles. The predicted molar refractivity (Wildman–Crippen MR) is 188 cm³/mol. The number of rotatable bonds is 7. The Kier molecular flexibility index (Phi) is 8.98. The fourth-order valence-corrected chi connectivity index (χ4v) is 6.90. The van der Waals surface area contributed by atoms with Crippen LogP contribution in [-0.2, 0) is 21.1 Å². The minimum Gasteiger partial charge on any atom is -0.443 e. The minimum absolute atomic E-state index is 0.00760. The zero-order valence-corrected chi connectivity index (χ0v) is 31.1. The summed E-state index contributed by atoms with van der Waals surface area (Å²) >= 11 is 0. The van der Waals surface area contributed by atoms with Gasteiger partial charge in [0.1, 0.15) is 17.4 Å². The Morgan fingerprint density at radius 1 is 1.17 bits per heavy atom. The predicted octanol–water partition coefficient (Wildman–Crippen LogP) is 6.85. The van der Waals surface area contributed by atoms with Crippen molar-refractivity contribution in [2.75, 3.05) is 29.9 Å². The molecule has 0 bridgehead atoms. The molecule has 1 aromatic carbocycles. The topological polar surface area (TPSA) is 138 Å². The molecule has 0 saturated carbocycles. The van der Waals surface area contributed by atoms with Crippen molar-refractivity contribution in [3.63, 3.8) is 0 Å². The molecule has 1 atom stereocenters. The van der Waals surface area contributed by atoms with Crippen molar-refractivity contribution in [2.24, 2.45) is 0 Å². The van der Waals surface area contributed by atoms with Crippen molar-refractivity contribution >= 4 is 37.6 Å². The van der Waals surface area contributed by atoms with E-state index < -0.39 is 25.4 Å². The van der Waals surface area contributed by atoms with E-state index in [9.17, 15) is 14.9 Å². The third kappa shape index (κ3) is 6.68. The molecule has 5 rings (SSSR count). The van der Waals surface area contributed by atoms with Gasteiger partial charge in [0.15, 0.2) is 8.32 Å². The quantitative estimate of drug-likeness (QED) is 0.267. The first-order valence-corrected chi connectivity index (χ1v) is 19.4. The van der Waals surface area contributed by atoms with Gasteiger partial charge in [0, 0.05) is 42.9 Å². The van der Waals surface area contributed by atoms with Crippen LogP contribution in [0.15, 0.2) is 30.6 Å². The monoisotopic (exact) mass is 672 g/mol. The second kappa shape index (κ2) is 12.3. The molecule has 0 fully saturated rings. The maximum Gasteiger partial charge on any atom is 0.414 e. The van der Waals surface area contributed by atoms with Crippen molar-refractivity contribution in [2.45, 2.75) is 104 Å². The first-order chi connectivity index (χ1) is 22.2. The molecule has 3 aromatic rings. The number of benzene rings is 1. The molecule has 12 nitrogen and oxygen atoms in total. The highest BCUT2D eigenvalue weighted by molar-refractivity contribution is 6.74. The van der Waals surface area contributed by atoms with Crippen LogP contribution in [0.1, 0.15) is 83.9 Å². The number of carbonyl (C=O) groups excluding carboxylic acids is 2. The van der Waals surface area contributed by atoms with E-state index in [4.69, 9.17) is 14.1 Å². The molecular weight excluding hydrogens is 625 g/mol. The van der Waals surface area contributed by atoms with Gasteiger partial charge in [-0.25, -0.2) is 14.8 Å². The summed E-state index contributed by atoms with van der Waals surface area (Å²) in [6.07, 6.45) is 2.75. The molecule has 0 aliphatic carbocycles. The van der Waals surface area contributed by atoms with Crippen LogP contribution in [0.4, 0.5) is 22.1 Å². The van der Waals surface area contributed by atoms with Gasteiger partial charge >= 0.3 is 6.09 Å². The first kappa shape index (κ1) is 35.0. The third-order valence-corrected chi connectivity index (χ3v) is 14.0. The number of nitriles is 1. The fraction of sp³-hybridized carbons (Fsp3) is 0.543. The van der Waals surface area contributed by atoms with Gasteiger partial charge in [-0.15, -0.1) is 0 Å². The maximum atomic E-state index is 13.6. The Hall–Kier alpha value is -4.28. The Morgan fingerprint density at radius 2 is 1.88 bits per heavy atom. The molecule has 0 saturated heterocycles. The minimum atomic E-state index is -2.16. The van der Waals surface area contributed by atoms with Gasteiger partial charge in [-0.2, -0.15) is 10.4 Å². The zero-order valence-electron chi connectivity index (χ0n) is 30.1. The standard InChI is InChI=1S/C35H48N8O4Si/c1-22(2)41-14-15-43-29(30(41)44)27(19-38-43)40-31-37-13-12-26(39-31)23-16-24(18-36)28-25(17-23)35(9,21-46-48(10,11)34(6,7)8)20-42(28)32(45)47-33(3,4)5/h12-13,16-17,19,22H,14-15,20-21H2,1-11H3,(H,37,39,40)/t35-/m1/s1. The average molecular weight is 673 g/mol. The Labute approximate surface area is 284 Å². The van der Waals surface area contributed by atoms with E-state index in [1.165, 1.54) is 0 Å². The Morgan fingerprint density at radius 3 is 2.50 bits per heavy atom. The molecule has 0 unspecified atom stereocenters. The van der Waals surface area contributed by atoms with Gasteiger partial charge in [0.05, 0.1) is 35.4 Å². The van der Waals surface area contributed by atoms with Crippen LogP contribution >= 0.6 is 0 Å². The lowest BCUT2D eigenvalue weighted by Crippen LogP contribution is -2.46. The number of aromatic nitrogens is 4. The van der Waals surface area contributed by atoms with Crippen LogP contribution in [-0.4, -0.2) is 76.3 Å². The van der Waals surface area contributed by atoms with E-state index in [2.05, 4.69) is 62.3 Å². The Bertz CT molecular complexity index is 1780. The maximum absolute atomic E-state index is 13.6. The van der Waals surface area contributed by atoms with E-state index in [0.29, 0.717) is 60.1 Å². The fourth-order valence-electron chi connectivity index (χ4n) is 5.79. The molecule has 48 heavy (non-hydrogen) atoms. The molecule has 0 radical (unpaired) electrons. The van der Waals surface area contributed by atoms with Gasteiger partial charge < -0.3 is 19.4 Å². The Balaban J connectivity index is 1.54. The van der Waals surface area contributed by atoms with Crippen molar-refractivity contribution in [3.05, 3.63) is 47.4 Å². The van der Waals surface area contributed by atoms with Crippen LogP contribution < -0.4 is 10.2 Å². The average Bonchev–Trinajstić information content (AvgIpc) is 3.53. The molecule has 1 N–H and O–H groups in total. The highest BCUT2D eigenvalue weighted by atomic mass is 28.4. The zero-order chi connectivity index (χ0) is 35.4. The lowest BCUT2D eigenvalue weighted by atomic mass is 9.83. The van der Waals surface area contributed by atoms with Crippen molar-refractivity contribution in [3.8, 4) is 17.3 Å². The van der Waals surface area contributed by atoms with Gasteiger partial charge in [-0.3, -0.25) is 14.4 Å². The summed E-state index contributed by atoms with van der Waals surface area (Å²) in [6, 6.07) is 7.90. The summed E-state index contributed by atoms with van der Waals surface area (Å²) in [5.41, 5.74) is 2.61. The van der Waals surface area contributed by atoms with E-state index in [1.54, 1.807) is 34.1 Å². The van der Waals surface area contributed by atoms with Crippen LogP contribution in [0.3, 0.4) is 0 Å². The first-order valence-electron chi connectivity index (χ1n) is 16.4. The van der Waals surface area contributed by atoms with Crippen molar-refractivity contribution < 1.29 is 18.8 Å². The number of carbonyl (C=O) groups is 2. The summed E-state index contributed by atoms with van der Waals surface area (Å²) in [4.78, 5) is 39.5. The molecule has 0 spiro atoms. The smallest absolute Gasteiger partial charge is 0.414 e. The highest BCUT2D eigenvalue weighted by Gasteiger charge is 2.47. The van der Waals surface area contributed by atoms with Gasteiger partial charge in [0.2, 0.25) is 5.95 Å². The van der Waals surface area contributed by atoms with Crippen LogP contribution in [0.2, 0.25) is 18.1 Å². The van der Waals surface area contributed by atoms with Crippen molar-refractivity contribution in [1.29, 1.82) is 5.26 Å². The SMILES string of the molecule is CC(C)N1CCn2ncc(Nc3nccc(-c4cc(C#N)c5c(c4)[C@@](C)(CO[Si](C)(C)C(C)(C)C)CN5C(=O)OC(C)(C)C)n3)c2C1=O. The molecule has 2 aliphatic rings. The molecule has 2 aliphatic heterocycles. The van der Waals surface area contributed by atoms with Crippen molar-refractivity contribution in [1.82, 2.24) is 24.6 Å². The van der Waals surface area contributed by atoms with Crippen LogP contribution in [0, 0.1) is 11.3 Å². The summed E-state index contributed by atoms with van der Waals surface area (Å²) in [5, 5.41) is 18.0. The number of nitrogens with one attached hydrogen (secondary N) is 1. The summed E-state index contributed by atoms with van der Waals surface area (Å²) < 4.78 is 14.2. The van der Waals surface area contributed by atoms with Crippen LogP contribution in [0.5, 0.6) is 0 Å². The summed E-state index contributed by atoms with van der Waals surface area (Å²) in [7, 11) is -2.16. The number of hydrogen-bond acceptors (Lipinski definition) is 9. The number of amides is 2. The largest absolute Gasteiger partial charge is 0.443 e.